The number of fused-ring (bicyclic) bond motifs is 1. The van der Waals surface area contributed by atoms with Crippen molar-refractivity contribution in [2.24, 2.45) is 0 Å². The molecule has 0 aliphatic heterocycles. The zero-order chi connectivity index (χ0) is 21.9. The van der Waals surface area contributed by atoms with E-state index in [1.165, 1.54) is 17.8 Å². The highest BCUT2D eigenvalue weighted by Crippen LogP contribution is 2.37. The van der Waals surface area contributed by atoms with E-state index in [1.807, 2.05) is 43.3 Å². The Hall–Kier alpha value is -2.51. The van der Waals surface area contributed by atoms with Crippen molar-refractivity contribution in [3.63, 3.8) is 0 Å². The average Bonchev–Trinajstić information content (AvgIpc) is 2.72. The van der Waals surface area contributed by atoms with E-state index < -0.39 is 24.2 Å². The Kier molecular flexibility index (Phi) is 6.73. The second-order valence-corrected chi connectivity index (χ2v) is 8.70. The van der Waals surface area contributed by atoms with Crippen molar-refractivity contribution in [3.05, 3.63) is 83.4 Å². The number of alkyl halides is 3. The number of rotatable bonds is 6. The van der Waals surface area contributed by atoms with Crippen LogP contribution in [0.4, 0.5) is 13.2 Å². The van der Waals surface area contributed by atoms with Gasteiger partial charge in [-0.05, 0) is 28.8 Å². The number of benzene rings is 3. The first-order valence-corrected chi connectivity index (χ1v) is 10.4. The predicted molar refractivity (Wildman–Crippen MR) is 118 cm³/mol. The number of hydrogen-bond donors (Lipinski definition) is 0. The highest BCUT2D eigenvalue weighted by molar-refractivity contribution is 8.23. The molecule has 0 aliphatic rings. The fraction of sp³-hybridized carbons (Fsp3) is 0.174. The summed E-state index contributed by atoms with van der Waals surface area (Å²) in [5.41, 5.74) is 1.95. The average molecular weight is 447 g/mol. The number of hydrogen-bond acceptors (Lipinski definition) is 4. The molecule has 0 amide bonds. The summed E-state index contributed by atoms with van der Waals surface area (Å²) in [6.45, 7) is 1.98. The summed E-state index contributed by atoms with van der Waals surface area (Å²) in [6, 6.07) is 19.8. The minimum Gasteiger partial charge on any atom is -0.294 e. The fourth-order valence-electron chi connectivity index (χ4n) is 3.13. The van der Waals surface area contributed by atoms with Crippen LogP contribution >= 0.6 is 24.0 Å². The smallest absolute Gasteiger partial charge is 0.294 e. The molecule has 3 aromatic carbocycles. The van der Waals surface area contributed by atoms with Gasteiger partial charge in [-0.15, -0.1) is 11.8 Å². The number of Topliss-reactive ketones (excluding diaryl/α,β-unsaturated/α-hetero) is 2. The first-order valence-electron chi connectivity index (χ1n) is 9.09. The molecule has 154 valence electrons. The molecule has 0 radical (unpaired) electrons. The maximum atomic E-state index is 12.6. The molecule has 7 heteroatoms. The van der Waals surface area contributed by atoms with Crippen molar-refractivity contribution in [2.45, 2.75) is 24.8 Å². The van der Waals surface area contributed by atoms with Crippen LogP contribution in [0.25, 0.3) is 10.8 Å². The van der Waals surface area contributed by atoms with Crippen molar-refractivity contribution < 1.29 is 22.8 Å². The van der Waals surface area contributed by atoms with E-state index in [-0.39, 0.29) is 10.8 Å². The molecule has 0 saturated carbocycles. The Labute approximate surface area is 181 Å². The molecule has 30 heavy (non-hydrogen) atoms. The normalized spacial score (nSPS) is 12.5. The molecular formula is C23H17F3O2S2. The number of thiocarbonyl (C=S) groups is 1. The molecular weight excluding hydrogens is 429 g/mol. The molecule has 0 saturated heterocycles. The number of carbonyl (C=O) groups is 2. The maximum absolute atomic E-state index is 12.6. The van der Waals surface area contributed by atoms with Gasteiger partial charge in [0.15, 0.2) is 5.78 Å². The minimum atomic E-state index is -5.02. The van der Waals surface area contributed by atoms with E-state index >= 15 is 0 Å². The molecule has 0 fully saturated rings. The van der Waals surface area contributed by atoms with Crippen LogP contribution in [0.1, 0.15) is 40.1 Å². The Bertz CT molecular complexity index is 1110. The summed E-state index contributed by atoms with van der Waals surface area (Å²) in [4.78, 5) is 23.7. The number of thioether (sulfide) groups is 1. The van der Waals surface area contributed by atoms with Crippen LogP contribution in [0.5, 0.6) is 0 Å². The van der Waals surface area contributed by atoms with Gasteiger partial charge in [-0.25, -0.2) is 0 Å². The molecule has 0 N–H and O–H groups in total. The van der Waals surface area contributed by atoms with Gasteiger partial charge in [-0.1, -0.05) is 78.9 Å². The second-order valence-electron chi connectivity index (χ2n) is 6.68. The Morgan fingerprint density at radius 1 is 0.933 bits per heavy atom. The lowest BCUT2D eigenvalue weighted by Crippen LogP contribution is -2.25. The summed E-state index contributed by atoms with van der Waals surface area (Å²) in [6.07, 6.45) is -6.22. The van der Waals surface area contributed by atoms with Gasteiger partial charge in [0, 0.05) is 10.8 Å². The lowest BCUT2D eigenvalue weighted by atomic mass is 9.94. The summed E-state index contributed by atoms with van der Waals surface area (Å²) >= 11 is 7.03. The molecule has 1 atom stereocenters. The molecule has 0 aliphatic carbocycles. The van der Waals surface area contributed by atoms with Crippen molar-refractivity contribution in [1.29, 1.82) is 0 Å². The highest BCUT2D eigenvalue weighted by atomic mass is 32.2. The van der Waals surface area contributed by atoms with Crippen LogP contribution in [0, 0.1) is 0 Å². The third-order valence-corrected chi connectivity index (χ3v) is 6.21. The SMILES string of the molecule is CC(SC(=S)c1ccccc1)c1ccc(C(=O)CC(=O)C(F)(F)F)c2ccccc12. The maximum Gasteiger partial charge on any atom is 0.450 e. The Morgan fingerprint density at radius 3 is 2.17 bits per heavy atom. The van der Waals surface area contributed by atoms with E-state index in [2.05, 4.69) is 0 Å². The molecule has 3 aromatic rings. The molecule has 0 spiro atoms. The third-order valence-electron chi connectivity index (χ3n) is 4.63. The first kappa shape index (κ1) is 22.2. The lowest BCUT2D eigenvalue weighted by Gasteiger charge is -2.17. The fourth-order valence-corrected chi connectivity index (χ4v) is 4.62. The molecule has 1 unspecified atom stereocenters. The number of halogens is 3. The van der Waals surface area contributed by atoms with Gasteiger partial charge in [-0.2, -0.15) is 13.2 Å². The number of ketones is 2. The summed E-state index contributed by atoms with van der Waals surface area (Å²) in [5, 5.41) is 1.22. The Balaban J connectivity index is 1.91. The second kappa shape index (κ2) is 9.10. The lowest BCUT2D eigenvalue weighted by molar-refractivity contribution is -0.170. The van der Waals surface area contributed by atoms with E-state index in [1.54, 1.807) is 24.3 Å². The largest absolute Gasteiger partial charge is 0.450 e. The summed E-state index contributed by atoms with van der Waals surface area (Å²) < 4.78 is 38.4. The van der Waals surface area contributed by atoms with Crippen LogP contribution in [-0.4, -0.2) is 21.9 Å². The standard InChI is InChI=1S/C23H17F3O2S2/c1-14(30-22(29)15-7-3-2-4-8-15)16-11-12-19(18-10-6-5-9-17(16)18)20(27)13-21(28)23(24,25)26/h2-12,14H,13H2,1H3. The van der Waals surface area contributed by atoms with Gasteiger partial charge in [0.2, 0.25) is 5.78 Å². The highest BCUT2D eigenvalue weighted by Gasteiger charge is 2.39. The summed E-state index contributed by atoms with van der Waals surface area (Å²) in [5.74, 6) is -2.89. The molecule has 2 nitrogen and oxygen atoms in total. The molecule has 0 aromatic heterocycles. The number of carbonyl (C=O) groups excluding carboxylic acids is 2. The van der Waals surface area contributed by atoms with E-state index in [9.17, 15) is 22.8 Å². The van der Waals surface area contributed by atoms with Crippen molar-refractivity contribution in [1.82, 2.24) is 0 Å². The van der Waals surface area contributed by atoms with Gasteiger partial charge in [0.25, 0.3) is 0 Å². The van der Waals surface area contributed by atoms with Gasteiger partial charge >= 0.3 is 6.18 Å². The first-order chi connectivity index (χ1) is 14.2. The van der Waals surface area contributed by atoms with Crippen LogP contribution < -0.4 is 0 Å². The van der Waals surface area contributed by atoms with Crippen molar-refractivity contribution in [3.8, 4) is 0 Å². The zero-order valence-electron chi connectivity index (χ0n) is 15.9. The van der Waals surface area contributed by atoms with E-state index in [0.717, 1.165) is 20.7 Å². The van der Waals surface area contributed by atoms with Gasteiger partial charge in [0.1, 0.15) is 0 Å². The van der Waals surface area contributed by atoms with Crippen LogP contribution in [0.2, 0.25) is 0 Å². The topological polar surface area (TPSA) is 34.1 Å². The van der Waals surface area contributed by atoms with Crippen LogP contribution in [0.15, 0.2) is 66.7 Å². The predicted octanol–water partition coefficient (Wildman–Crippen LogP) is 6.71. The third kappa shape index (κ3) is 4.96. The zero-order valence-corrected chi connectivity index (χ0v) is 17.5. The molecule has 0 heterocycles. The minimum absolute atomic E-state index is 0.0523. The Morgan fingerprint density at radius 2 is 1.53 bits per heavy atom. The molecule has 0 bridgehead atoms. The van der Waals surface area contributed by atoms with E-state index in [4.69, 9.17) is 12.2 Å². The van der Waals surface area contributed by atoms with Crippen LogP contribution in [-0.2, 0) is 4.79 Å². The quantitative estimate of drug-likeness (QED) is 0.239. The monoisotopic (exact) mass is 446 g/mol. The van der Waals surface area contributed by atoms with Gasteiger partial charge in [-0.3, -0.25) is 9.59 Å². The van der Waals surface area contributed by atoms with E-state index in [0.29, 0.717) is 5.39 Å². The molecule has 3 rings (SSSR count). The van der Waals surface area contributed by atoms with Gasteiger partial charge < -0.3 is 0 Å². The van der Waals surface area contributed by atoms with Crippen LogP contribution in [0.3, 0.4) is 0 Å². The summed E-state index contributed by atoms with van der Waals surface area (Å²) in [7, 11) is 0. The van der Waals surface area contributed by atoms with Gasteiger partial charge in [0.05, 0.1) is 10.6 Å². The van der Waals surface area contributed by atoms with Crippen molar-refractivity contribution in [2.75, 3.05) is 0 Å². The van der Waals surface area contributed by atoms with Crippen molar-refractivity contribution >= 4 is 50.5 Å².